The van der Waals surface area contributed by atoms with E-state index in [9.17, 15) is 9.59 Å². The zero-order chi connectivity index (χ0) is 18.2. The molecule has 0 saturated heterocycles. The Morgan fingerprint density at radius 3 is 2.25 bits per heavy atom. The Morgan fingerprint density at radius 2 is 1.75 bits per heavy atom. The van der Waals surface area contributed by atoms with Crippen LogP contribution in [0.4, 0.5) is 0 Å². The van der Waals surface area contributed by atoms with Crippen LogP contribution in [0, 0.1) is 30.1 Å². The molecule has 0 heterocycles. The van der Waals surface area contributed by atoms with Crippen LogP contribution in [0.25, 0.3) is 0 Å². The van der Waals surface area contributed by atoms with Gasteiger partial charge in [-0.1, -0.05) is 36.1 Å². The molecule has 1 rings (SSSR count). The molecule has 0 bridgehead atoms. The van der Waals surface area contributed by atoms with Crippen LogP contribution in [0.5, 0.6) is 0 Å². The second kappa shape index (κ2) is 8.60. The summed E-state index contributed by atoms with van der Waals surface area (Å²) in [5.74, 6) is 3.63. The average Bonchev–Trinajstić information content (AvgIpc) is 2.63. The van der Waals surface area contributed by atoms with Gasteiger partial charge in [0.25, 0.3) is 0 Å². The summed E-state index contributed by atoms with van der Waals surface area (Å²) in [6.07, 6.45) is 12.6. The number of terminal acetylenes is 2. The number of carbonyl (C=O) groups excluding carboxylic acids is 2. The molecule has 0 saturated carbocycles. The minimum absolute atomic E-state index is 0.0566. The molecule has 24 heavy (non-hydrogen) atoms. The molecule has 0 spiro atoms. The molecule has 1 aromatic rings. The summed E-state index contributed by atoms with van der Waals surface area (Å²) >= 11 is 0. The van der Waals surface area contributed by atoms with E-state index in [1.54, 1.807) is 37.3 Å². The fourth-order valence-electron chi connectivity index (χ4n) is 2.38. The van der Waals surface area contributed by atoms with E-state index in [-0.39, 0.29) is 12.8 Å². The third kappa shape index (κ3) is 4.06. The summed E-state index contributed by atoms with van der Waals surface area (Å²) in [7, 11) is 2.45. The van der Waals surface area contributed by atoms with E-state index < -0.39 is 17.4 Å². The van der Waals surface area contributed by atoms with Gasteiger partial charge in [0.1, 0.15) is 0 Å². The van der Waals surface area contributed by atoms with Gasteiger partial charge in [0.15, 0.2) is 5.41 Å². The lowest BCUT2D eigenvalue weighted by Gasteiger charge is -2.27. The molecule has 124 valence electrons. The fourth-order valence-corrected chi connectivity index (χ4v) is 2.38. The van der Waals surface area contributed by atoms with E-state index >= 15 is 0 Å². The number of hydrogen-bond donors (Lipinski definition) is 0. The van der Waals surface area contributed by atoms with Gasteiger partial charge in [0.2, 0.25) is 0 Å². The minimum Gasteiger partial charge on any atom is -0.468 e. The first-order chi connectivity index (χ1) is 11.4. The summed E-state index contributed by atoms with van der Waals surface area (Å²) in [4.78, 5) is 25.0. The Morgan fingerprint density at radius 1 is 1.17 bits per heavy atom. The molecule has 4 heteroatoms. The molecule has 4 nitrogen and oxygen atoms in total. The number of ether oxygens (including phenoxy) is 2. The summed E-state index contributed by atoms with van der Waals surface area (Å²) < 4.78 is 9.76. The van der Waals surface area contributed by atoms with Crippen molar-refractivity contribution in [3.05, 3.63) is 47.0 Å². The van der Waals surface area contributed by atoms with Crippen LogP contribution < -0.4 is 0 Å². The molecular formula is C20H20O4. The largest absolute Gasteiger partial charge is 0.468 e. The third-order valence-corrected chi connectivity index (χ3v) is 3.80. The molecular weight excluding hydrogens is 304 g/mol. The second-order valence-electron chi connectivity index (χ2n) is 5.28. The maximum Gasteiger partial charge on any atom is 0.323 e. The van der Waals surface area contributed by atoms with Crippen molar-refractivity contribution in [2.24, 2.45) is 5.41 Å². The fraction of sp³-hybridized carbons (Fsp3) is 0.300. The molecule has 0 aliphatic rings. The number of benzene rings is 1. The first-order valence-electron chi connectivity index (χ1n) is 7.30. The van der Waals surface area contributed by atoms with Crippen LogP contribution in [0.15, 0.2) is 35.9 Å². The SMILES string of the molecule is C#C/C(C)=C\CC(Cc1ccccc1C#C)(C(=O)OC)C(=O)OC. The minimum atomic E-state index is -1.55. The molecule has 0 unspecified atom stereocenters. The molecule has 0 amide bonds. The highest BCUT2D eigenvalue weighted by Gasteiger charge is 2.48. The number of rotatable bonds is 6. The quantitative estimate of drug-likeness (QED) is 0.458. The predicted octanol–water partition coefficient (Wildman–Crippen LogP) is 2.51. The molecule has 0 N–H and O–H groups in total. The number of hydrogen-bond acceptors (Lipinski definition) is 4. The molecule has 0 radical (unpaired) electrons. The topological polar surface area (TPSA) is 52.6 Å². The molecule has 0 aliphatic carbocycles. The number of methoxy groups -OCH3 is 2. The Bertz CT molecular complexity index is 713. The van der Waals surface area contributed by atoms with Crippen molar-refractivity contribution in [3.63, 3.8) is 0 Å². The third-order valence-electron chi connectivity index (χ3n) is 3.80. The van der Waals surface area contributed by atoms with Gasteiger partial charge >= 0.3 is 11.9 Å². The van der Waals surface area contributed by atoms with Crippen LogP contribution in [0.1, 0.15) is 24.5 Å². The maximum atomic E-state index is 12.5. The number of allylic oxidation sites excluding steroid dienone is 2. The van der Waals surface area contributed by atoms with Crippen LogP contribution in [-0.2, 0) is 25.5 Å². The Labute approximate surface area is 142 Å². The van der Waals surface area contributed by atoms with Crippen LogP contribution in [0.3, 0.4) is 0 Å². The lowest BCUT2D eigenvalue weighted by Crippen LogP contribution is -2.43. The van der Waals surface area contributed by atoms with E-state index in [4.69, 9.17) is 22.3 Å². The molecule has 0 aliphatic heterocycles. The normalized spacial score (nSPS) is 11.1. The molecule has 1 aromatic carbocycles. The summed E-state index contributed by atoms with van der Waals surface area (Å²) in [6, 6.07) is 7.10. The van der Waals surface area contributed by atoms with Crippen LogP contribution in [-0.4, -0.2) is 26.2 Å². The zero-order valence-electron chi connectivity index (χ0n) is 14.1. The summed E-state index contributed by atoms with van der Waals surface area (Å²) in [5, 5.41) is 0. The summed E-state index contributed by atoms with van der Waals surface area (Å²) in [5.41, 5.74) is 0.349. The van der Waals surface area contributed by atoms with Crippen LogP contribution >= 0.6 is 0 Å². The zero-order valence-corrected chi connectivity index (χ0v) is 14.1. The van der Waals surface area contributed by atoms with Crippen molar-refractivity contribution >= 4 is 11.9 Å². The molecule has 0 atom stereocenters. The Kier molecular flexibility index (Phi) is 6.83. The second-order valence-corrected chi connectivity index (χ2v) is 5.28. The number of esters is 2. The highest BCUT2D eigenvalue weighted by Crippen LogP contribution is 2.33. The van der Waals surface area contributed by atoms with Crippen molar-refractivity contribution in [2.75, 3.05) is 14.2 Å². The van der Waals surface area contributed by atoms with Crippen LogP contribution in [0.2, 0.25) is 0 Å². The lowest BCUT2D eigenvalue weighted by molar-refractivity contribution is -0.168. The predicted molar refractivity (Wildman–Crippen MR) is 91.8 cm³/mol. The van der Waals surface area contributed by atoms with Crippen molar-refractivity contribution in [1.29, 1.82) is 0 Å². The summed E-state index contributed by atoms with van der Waals surface area (Å²) in [6.45, 7) is 1.72. The van der Waals surface area contributed by atoms with Gasteiger partial charge in [-0.2, -0.15) is 0 Å². The Balaban J connectivity index is 3.45. The lowest BCUT2D eigenvalue weighted by atomic mass is 9.77. The standard InChI is InChI=1S/C20H20O4/c1-6-15(3)12-13-20(18(21)23-4,19(22)24-5)14-17-11-9-8-10-16(17)7-2/h1-2,8-12H,13-14H2,3-5H3/b15-12-. The van der Waals surface area contributed by atoms with E-state index in [2.05, 4.69) is 11.8 Å². The van der Waals surface area contributed by atoms with Crippen molar-refractivity contribution in [1.82, 2.24) is 0 Å². The van der Waals surface area contributed by atoms with Gasteiger partial charge in [-0.25, -0.2) is 0 Å². The Hall–Kier alpha value is -2.98. The van der Waals surface area contributed by atoms with Gasteiger partial charge < -0.3 is 9.47 Å². The van der Waals surface area contributed by atoms with E-state index in [0.29, 0.717) is 16.7 Å². The van der Waals surface area contributed by atoms with Crippen molar-refractivity contribution in [3.8, 4) is 24.7 Å². The van der Waals surface area contributed by atoms with Gasteiger partial charge in [-0.15, -0.1) is 12.8 Å². The van der Waals surface area contributed by atoms with Gasteiger partial charge in [0, 0.05) is 12.0 Å². The van der Waals surface area contributed by atoms with Gasteiger partial charge in [-0.3, -0.25) is 9.59 Å². The van der Waals surface area contributed by atoms with Crippen molar-refractivity contribution in [2.45, 2.75) is 19.8 Å². The van der Waals surface area contributed by atoms with Crippen molar-refractivity contribution < 1.29 is 19.1 Å². The molecule has 0 fully saturated rings. The first-order valence-corrected chi connectivity index (χ1v) is 7.30. The highest BCUT2D eigenvalue weighted by atomic mass is 16.5. The smallest absolute Gasteiger partial charge is 0.323 e. The van der Waals surface area contributed by atoms with E-state index in [1.165, 1.54) is 14.2 Å². The average molecular weight is 324 g/mol. The highest BCUT2D eigenvalue weighted by molar-refractivity contribution is 6.00. The number of carbonyl (C=O) groups is 2. The first kappa shape index (κ1) is 19.1. The monoisotopic (exact) mass is 324 g/mol. The van der Waals surface area contributed by atoms with Gasteiger partial charge in [0.05, 0.1) is 14.2 Å². The van der Waals surface area contributed by atoms with E-state index in [0.717, 1.165) is 0 Å². The maximum absolute atomic E-state index is 12.5. The van der Waals surface area contributed by atoms with Gasteiger partial charge in [-0.05, 0) is 30.5 Å². The molecule has 0 aromatic heterocycles. The van der Waals surface area contributed by atoms with E-state index in [1.807, 2.05) is 0 Å².